The van der Waals surface area contributed by atoms with E-state index in [9.17, 15) is 4.39 Å². The van der Waals surface area contributed by atoms with Gasteiger partial charge in [-0.15, -0.1) is 0 Å². The average Bonchev–Trinajstić information content (AvgIpc) is 2.39. The Bertz CT molecular complexity index is 393. The first-order valence-corrected chi connectivity index (χ1v) is 7.86. The minimum absolute atomic E-state index is 0.267. The lowest BCUT2D eigenvalue weighted by atomic mass is 9.99. The highest BCUT2D eigenvalue weighted by atomic mass is 35.5. The van der Waals surface area contributed by atoms with E-state index in [0.29, 0.717) is 16.3 Å². The van der Waals surface area contributed by atoms with Gasteiger partial charge in [-0.2, -0.15) is 11.8 Å². The number of halogens is 2. The van der Waals surface area contributed by atoms with E-state index in [2.05, 4.69) is 5.32 Å². The highest BCUT2D eigenvalue weighted by Gasteiger charge is 2.23. The van der Waals surface area contributed by atoms with E-state index in [1.807, 2.05) is 18.8 Å². The smallest absolute Gasteiger partial charge is 0.124 e. The van der Waals surface area contributed by atoms with Gasteiger partial charge in [0.05, 0.1) is 0 Å². The molecule has 0 aliphatic carbocycles. The molecular weight excluding hydrogens is 269 g/mol. The molecule has 2 rings (SSSR count). The van der Waals surface area contributed by atoms with E-state index in [1.165, 1.54) is 37.1 Å². The van der Waals surface area contributed by atoms with Crippen LogP contribution in [0.4, 0.5) is 4.39 Å². The Morgan fingerprint density at radius 2 is 2.33 bits per heavy atom. The second-order valence-electron chi connectivity index (χ2n) is 4.74. The van der Waals surface area contributed by atoms with Crippen LogP contribution < -0.4 is 5.32 Å². The van der Waals surface area contributed by atoms with Crippen LogP contribution in [0.2, 0.25) is 5.02 Å². The van der Waals surface area contributed by atoms with Crippen LogP contribution in [0.5, 0.6) is 0 Å². The fourth-order valence-electron chi connectivity index (χ4n) is 2.43. The fraction of sp³-hybridized carbons (Fsp3) is 0.571. The number of thioether (sulfide) groups is 1. The van der Waals surface area contributed by atoms with Crippen LogP contribution in [0.1, 0.15) is 24.8 Å². The first kappa shape index (κ1) is 14.2. The molecule has 0 saturated carbocycles. The molecule has 2 unspecified atom stereocenters. The van der Waals surface area contributed by atoms with Gasteiger partial charge in [-0.05, 0) is 49.8 Å². The van der Waals surface area contributed by atoms with Crippen LogP contribution in [0.25, 0.3) is 0 Å². The van der Waals surface area contributed by atoms with Gasteiger partial charge >= 0.3 is 0 Å². The van der Waals surface area contributed by atoms with Gasteiger partial charge in [0, 0.05) is 16.3 Å². The van der Waals surface area contributed by atoms with Crippen LogP contribution >= 0.6 is 23.4 Å². The highest BCUT2D eigenvalue weighted by molar-refractivity contribution is 8.00. The van der Waals surface area contributed by atoms with Crippen molar-refractivity contribution in [2.75, 3.05) is 12.8 Å². The topological polar surface area (TPSA) is 12.0 Å². The molecule has 1 saturated heterocycles. The molecule has 1 nitrogen and oxygen atoms in total. The van der Waals surface area contributed by atoms with E-state index in [-0.39, 0.29) is 5.82 Å². The number of hydrogen-bond acceptors (Lipinski definition) is 2. The second kappa shape index (κ2) is 6.78. The van der Waals surface area contributed by atoms with Crippen molar-refractivity contribution in [2.45, 2.75) is 37.0 Å². The third-order valence-corrected chi connectivity index (χ3v) is 5.36. The largest absolute Gasteiger partial charge is 0.316 e. The van der Waals surface area contributed by atoms with Crippen molar-refractivity contribution in [1.82, 2.24) is 5.32 Å². The molecule has 18 heavy (non-hydrogen) atoms. The van der Waals surface area contributed by atoms with E-state index in [4.69, 9.17) is 11.6 Å². The lowest BCUT2D eigenvalue weighted by Gasteiger charge is -2.30. The third kappa shape index (κ3) is 3.62. The zero-order valence-corrected chi connectivity index (χ0v) is 12.2. The van der Waals surface area contributed by atoms with Gasteiger partial charge in [-0.3, -0.25) is 0 Å². The Morgan fingerprint density at radius 1 is 1.50 bits per heavy atom. The van der Waals surface area contributed by atoms with E-state index in [0.717, 1.165) is 12.0 Å². The molecule has 0 spiro atoms. The van der Waals surface area contributed by atoms with Crippen molar-refractivity contribution in [3.63, 3.8) is 0 Å². The summed E-state index contributed by atoms with van der Waals surface area (Å²) in [5, 5.41) is 4.57. The molecule has 1 aromatic rings. The Labute approximate surface area is 117 Å². The summed E-state index contributed by atoms with van der Waals surface area (Å²) in [7, 11) is 2.00. The summed E-state index contributed by atoms with van der Waals surface area (Å²) < 4.78 is 13.0. The van der Waals surface area contributed by atoms with Gasteiger partial charge in [0.25, 0.3) is 0 Å². The normalized spacial score (nSPS) is 21.8. The predicted molar refractivity (Wildman–Crippen MR) is 78.1 cm³/mol. The fourth-order valence-corrected chi connectivity index (χ4v) is 4.14. The van der Waals surface area contributed by atoms with Crippen LogP contribution in [-0.4, -0.2) is 24.1 Å². The molecule has 0 radical (unpaired) electrons. The number of likely N-dealkylation sites (N-methyl/N-ethyl adjacent to an activating group) is 1. The molecule has 1 aliphatic rings. The number of rotatable bonds is 4. The monoisotopic (exact) mass is 287 g/mol. The molecule has 0 aromatic heterocycles. The lowest BCUT2D eigenvalue weighted by Crippen LogP contribution is -2.39. The summed E-state index contributed by atoms with van der Waals surface area (Å²) in [6.07, 6.45) is 4.77. The highest BCUT2D eigenvalue weighted by Crippen LogP contribution is 2.30. The molecule has 100 valence electrons. The van der Waals surface area contributed by atoms with Crippen molar-refractivity contribution in [1.29, 1.82) is 0 Å². The molecular formula is C14H19ClFNS. The van der Waals surface area contributed by atoms with E-state index in [1.54, 1.807) is 6.07 Å². The number of hydrogen-bond donors (Lipinski definition) is 1. The predicted octanol–water partition coefficient (Wildman–Crippen LogP) is 3.90. The maximum Gasteiger partial charge on any atom is 0.124 e. The standard InChI is InChI=1S/C14H19ClFNS/c1-17-13(14-4-2-3-7-18-14)8-10-5-6-11(16)9-12(10)15/h5-6,9,13-14,17H,2-4,7-8H2,1H3. The van der Waals surface area contributed by atoms with Gasteiger partial charge in [0.1, 0.15) is 5.82 Å². The molecule has 2 atom stereocenters. The molecule has 1 fully saturated rings. The van der Waals surface area contributed by atoms with Crippen LogP contribution in [-0.2, 0) is 6.42 Å². The van der Waals surface area contributed by atoms with Crippen LogP contribution in [0.15, 0.2) is 18.2 Å². The van der Waals surface area contributed by atoms with Gasteiger partial charge in [0.15, 0.2) is 0 Å². The summed E-state index contributed by atoms with van der Waals surface area (Å²) in [4.78, 5) is 0. The Kier molecular flexibility index (Phi) is 5.34. The summed E-state index contributed by atoms with van der Waals surface area (Å²) >= 11 is 8.14. The van der Waals surface area contributed by atoms with Crippen LogP contribution in [0.3, 0.4) is 0 Å². The van der Waals surface area contributed by atoms with Crippen molar-refractivity contribution >= 4 is 23.4 Å². The number of nitrogens with one attached hydrogen (secondary N) is 1. The molecule has 0 amide bonds. The molecule has 4 heteroatoms. The Morgan fingerprint density at radius 3 is 2.94 bits per heavy atom. The summed E-state index contributed by atoms with van der Waals surface area (Å²) in [5.74, 6) is 0.983. The van der Waals surface area contributed by atoms with Crippen molar-refractivity contribution in [3.8, 4) is 0 Å². The SMILES string of the molecule is CNC(Cc1ccc(F)cc1Cl)C1CCCCS1. The van der Waals surface area contributed by atoms with Gasteiger partial charge < -0.3 is 5.32 Å². The molecule has 0 bridgehead atoms. The Hall–Kier alpha value is -0.250. The summed E-state index contributed by atoms with van der Waals surface area (Å²) in [5.41, 5.74) is 1.03. The van der Waals surface area contributed by atoms with Gasteiger partial charge in [0.2, 0.25) is 0 Å². The van der Waals surface area contributed by atoms with Crippen LogP contribution in [0, 0.1) is 5.82 Å². The molecule has 1 aliphatic heterocycles. The zero-order valence-electron chi connectivity index (χ0n) is 10.6. The second-order valence-corrected chi connectivity index (χ2v) is 6.49. The number of benzene rings is 1. The molecule has 1 N–H and O–H groups in total. The average molecular weight is 288 g/mol. The summed E-state index contributed by atoms with van der Waals surface area (Å²) in [6, 6.07) is 5.10. The minimum atomic E-state index is -0.267. The van der Waals surface area contributed by atoms with Crippen molar-refractivity contribution < 1.29 is 4.39 Å². The first-order valence-electron chi connectivity index (χ1n) is 6.43. The third-order valence-electron chi connectivity index (χ3n) is 3.49. The van der Waals surface area contributed by atoms with E-state index >= 15 is 0 Å². The maximum absolute atomic E-state index is 13.0. The molecule has 1 aromatic carbocycles. The minimum Gasteiger partial charge on any atom is -0.316 e. The lowest BCUT2D eigenvalue weighted by molar-refractivity contribution is 0.494. The zero-order chi connectivity index (χ0) is 13.0. The molecule has 1 heterocycles. The maximum atomic E-state index is 13.0. The van der Waals surface area contributed by atoms with Crippen molar-refractivity contribution in [2.24, 2.45) is 0 Å². The van der Waals surface area contributed by atoms with Crippen molar-refractivity contribution in [3.05, 3.63) is 34.6 Å². The quantitative estimate of drug-likeness (QED) is 0.901. The van der Waals surface area contributed by atoms with E-state index < -0.39 is 0 Å². The van der Waals surface area contributed by atoms with Gasteiger partial charge in [-0.1, -0.05) is 24.1 Å². The van der Waals surface area contributed by atoms with Gasteiger partial charge in [-0.25, -0.2) is 4.39 Å². The Balaban J connectivity index is 2.04. The summed E-state index contributed by atoms with van der Waals surface area (Å²) in [6.45, 7) is 0. The first-order chi connectivity index (χ1) is 8.70.